The monoisotopic (exact) mass is 359 g/mol. The fraction of sp³-hybridized carbons (Fsp3) is 0.250. The molecular weight excluding hydrogens is 342 g/mol. The van der Waals surface area contributed by atoms with E-state index in [2.05, 4.69) is 38.4 Å². The molecule has 2 atom stereocenters. The Balaban J connectivity index is 1.72. The number of ether oxygens (including phenoxy) is 2. The number of nitrogens with zero attached hydrogens (tertiary/aromatic N) is 5. The van der Waals surface area contributed by atoms with Crippen molar-refractivity contribution < 1.29 is 9.47 Å². The third kappa shape index (κ3) is 3.17. The lowest BCUT2D eigenvalue weighted by Gasteiger charge is -2.09. The molecule has 134 valence electrons. The summed E-state index contributed by atoms with van der Waals surface area (Å²) in [6, 6.07) is 14.6. The zero-order valence-electron chi connectivity index (χ0n) is 15.0. The average molecular weight is 359 g/mol. The summed E-state index contributed by atoms with van der Waals surface area (Å²) < 4.78 is 10.4. The lowest BCUT2D eigenvalue weighted by Crippen LogP contribution is -2.02. The van der Waals surface area contributed by atoms with Crippen molar-refractivity contribution in [3.8, 4) is 29.2 Å². The molecule has 0 saturated heterocycles. The highest BCUT2D eigenvalue weighted by Crippen LogP contribution is 2.55. The normalized spacial score (nSPS) is 17.8. The Bertz CT molecular complexity index is 1020. The molecule has 27 heavy (non-hydrogen) atoms. The Hall–Kier alpha value is -3.53. The number of hydrogen-bond acceptors (Lipinski definition) is 7. The Morgan fingerprint density at radius 2 is 1.89 bits per heavy atom. The Morgan fingerprint density at radius 3 is 2.59 bits per heavy atom. The summed E-state index contributed by atoms with van der Waals surface area (Å²) in [4.78, 5) is 8.32. The van der Waals surface area contributed by atoms with Crippen molar-refractivity contribution in [2.45, 2.75) is 18.3 Å². The van der Waals surface area contributed by atoms with Gasteiger partial charge in [-0.3, -0.25) is 0 Å². The van der Waals surface area contributed by atoms with E-state index in [0.29, 0.717) is 28.7 Å². The topological polar surface area (TPSA) is 93.8 Å². The highest BCUT2D eigenvalue weighted by atomic mass is 16.5. The molecule has 1 aromatic carbocycles. The number of nitriles is 1. The van der Waals surface area contributed by atoms with E-state index in [1.54, 1.807) is 6.20 Å². The van der Waals surface area contributed by atoms with Crippen LogP contribution in [0.5, 0.6) is 11.9 Å². The van der Waals surface area contributed by atoms with Gasteiger partial charge in [-0.15, -0.1) is 10.2 Å². The molecule has 3 aromatic rings. The highest BCUT2D eigenvalue weighted by Gasteiger charge is 2.41. The van der Waals surface area contributed by atoms with Gasteiger partial charge in [0.05, 0.1) is 19.8 Å². The van der Waals surface area contributed by atoms with Crippen LogP contribution in [0.2, 0.25) is 0 Å². The molecule has 2 aromatic heterocycles. The van der Waals surface area contributed by atoms with E-state index in [9.17, 15) is 5.26 Å². The molecule has 2 unspecified atom stereocenters. The fourth-order valence-corrected chi connectivity index (χ4v) is 3.30. The molecule has 1 aliphatic carbocycles. The maximum Gasteiger partial charge on any atom is 0.319 e. The lowest BCUT2D eigenvalue weighted by molar-refractivity contribution is 0.353. The number of rotatable bonds is 5. The van der Waals surface area contributed by atoms with Gasteiger partial charge in [0.25, 0.3) is 0 Å². The highest BCUT2D eigenvalue weighted by molar-refractivity contribution is 5.65. The first kappa shape index (κ1) is 16.9. The van der Waals surface area contributed by atoms with Crippen LogP contribution in [-0.2, 0) is 0 Å². The first-order valence-corrected chi connectivity index (χ1v) is 8.53. The molecule has 0 N–H and O–H groups in total. The molecule has 1 saturated carbocycles. The average Bonchev–Trinajstić information content (AvgIpc) is 3.54. The molecule has 4 rings (SSSR count). The van der Waals surface area contributed by atoms with E-state index in [1.165, 1.54) is 19.8 Å². The van der Waals surface area contributed by atoms with Crippen LogP contribution in [0.3, 0.4) is 0 Å². The van der Waals surface area contributed by atoms with Crippen LogP contribution < -0.4 is 9.47 Å². The van der Waals surface area contributed by atoms with Crippen molar-refractivity contribution in [2.24, 2.45) is 0 Å². The summed E-state index contributed by atoms with van der Waals surface area (Å²) in [5.74, 6) is 0.994. The minimum Gasteiger partial charge on any atom is -0.480 e. The molecule has 0 radical (unpaired) electrons. The second-order valence-corrected chi connectivity index (χ2v) is 6.28. The molecule has 0 amide bonds. The van der Waals surface area contributed by atoms with Gasteiger partial charge in [-0.2, -0.15) is 10.2 Å². The lowest BCUT2D eigenvalue weighted by atomic mass is 10.0. The van der Waals surface area contributed by atoms with Crippen LogP contribution in [0.4, 0.5) is 0 Å². The molecule has 7 nitrogen and oxygen atoms in total. The van der Waals surface area contributed by atoms with Crippen molar-refractivity contribution in [1.82, 2.24) is 20.2 Å². The second kappa shape index (κ2) is 7.00. The Labute approximate surface area is 156 Å². The second-order valence-electron chi connectivity index (χ2n) is 6.28. The molecule has 1 fully saturated rings. The summed E-state index contributed by atoms with van der Waals surface area (Å²) in [6.07, 6.45) is 2.58. The van der Waals surface area contributed by atoms with E-state index in [-0.39, 0.29) is 11.9 Å². The van der Waals surface area contributed by atoms with E-state index in [0.717, 1.165) is 12.0 Å². The third-order valence-electron chi connectivity index (χ3n) is 4.73. The van der Waals surface area contributed by atoms with Crippen molar-refractivity contribution in [2.75, 3.05) is 14.2 Å². The molecule has 0 spiro atoms. The molecule has 0 bridgehead atoms. The summed E-state index contributed by atoms with van der Waals surface area (Å²) in [7, 11) is 3.01. The maximum atomic E-state index is 9.46. The van der Waals surface area contributed by atoms with Crippen LogP contribution in [0, 0.1) is 11.3 Å². The van der Waals surface area contributed by atoms with Crippen LogP contribution in [-0.4, -0.2) is 34.4 Å². The van der Waals surface area contributed by atoms with Gasteiger partial charge < -0.3 is 9.47 Å². The van der Waals surface area contributed by atoms with Crippen molar-refractivity contribution >= 4 is 0 Å². The zero-order valence-corrected chi connectivity index (χ0v) is 15.0. The van der Waals surface area contributed by atoms with Gasteiger partial charge in [0.1, 0.15) is 11.8 Å². The standard InChI is InChI=1S/C20H17N5O2/c1-26-19-16(11-22-20(23-19)27-2)17-9-15(18(10-21)25-24-17)14-8-13(14)12-6-4-3-5-7-12/h3-7,9,11,13-14H,8H2,1-2H3. The number of benzene rings is 1. The number of hydrogen-bond donors (Lipinski definition) is 0. The van der Waals surface area contributed by atoms with Gasteiger partial charge in [0, 0.05) is 6.20 Å². The summed E-state index contributed by atoms with van der Waals surface area (Å²) in [6.45, 7) is 0. The molecular formula is C20H17N5O2. The van der Waals surface area contributed by atoms with Gasteiger partial charge in [-0.25, -0.2) is 4.98 Å². The van der Waals surface area contributed by atoms with E-state index >= 15 is 0 Å². The number of methoxy groups -OCH3 is 2. The largest absolute Gasteiger partial charge is 0.480 e. The Kier molecular flexibility index (Phi) is 4.38. The van der Waals surface area contributed by atoms with Gasteiger partial charge in [-0.05, 0) is 35.4 Å². The van der Waals surface area contributed by atoms with Crippen molar-refractivity contribution in [3.05, 3.63) is 59.4 Å². The van der Waals surface area contributed by atoms with E-state index in [1.807, 2.05) is 24.3 Å². The van der Waals surface area contributed by atoms with Gasteiger partial charge in [0.15, 0.2) is 5.69 Å². The van der Waals surface area contributed by atoms with E-state index < -0.39 is 0 Å². The smallest absolute Gasteiger partial charge is 0.319 e. The van der Waals surface area contributed by atoms with Gasteiger partial charge in [-0.1, -0.05) is 30.3 Å². The molecule has 0 aliphatic heterocycles. The molecule has 1 aliphatic rings. The zero-order chi connectivity index (χ0) is 18.8. The van der Waals surface area contributed by atoms with E-state index in [4.69, 9.17) is 9.47 Å². The predicted molar refractivity (Wildman–Crippen MR) is 97.4 cm³/mol. The van der Waals surface area contributed by atoms with Crippen molar-refractivity contribution in [3.63, 3.8) is 0 Å². The molecule has 2 heterocycles. The summed E-state index contributed by atoms with van der Waals surface area (Å²) in [5, 5.41) is 17.8. The first-order valence-electron chi connectivity index (χ1n) is 8.53. The van der Waals surface area contributed by atoms with Crippen LogP contribution >= 0.6 is 0 Å². The quantitative estimate of drug-likeness (QED) is 0.691. The summed E-state index contributed by atoms with van der Waals surface area (Å²) in [5.41, 5.74) is 3.70. The number of aromatic nitrogens is 4. The minimum absolute atomic E-state index is 0.212. The van der Waals surface area contributed by atoms with Gasteiger partial charge in [0.2, 0.25) is 5.88 Å². The molecule has 7 heteroatoms. The first-order chi connectivity index (χ1) is 13.2. The van der Waals surface area contributed by atoms with Crippen molar-refractivity contribution in [1.29, 1.82) is 5.26 Å². The minimum atomic E-state index is 0.212. The van der Waals surface area contributed by atoms with Crippen LogP contribution in [0.1, 0.15) is 35.1 Å². The predicted octanol–water partition coefficient (Wildman–Crippen LogP) is 3.09. The van der Waals surface area contributed by atoms with Gasteiger partial charge >= 0.3 is 6.01 Å². The third-order valence-corrected chi connectivity index (χ3v) is 4.73. The Morgan fingerprint density at radius 1 is 1.07 bits per heavy atom. The maximum absolute atomic E-state index is 9.46. The van der Waals surface area contributed by atoms with Crippen LogP contribution in [0.25, 0.3) is 11.3 Å². The SMILES string of the molecule is COc1ncc(-c2cc(C3CC3c3ccccc3)c(C#N)nn2)c(OC)n1. The fourth-order valence-electron chi connectivity index (χ4n) is 3.30. The van der Waals surface area contributed by atoms with Crippen LogP contribution in [0.15, 0.2) is 42.6 Å². The summed E-state index contributed by atoms with van der Waals surface area (Å²) >= 11 is 0.